The van der Waals surface area contributed by atoms with E-state index in [1.807, 2.05) is 36.4 Å². The second kappa shape index (κ2) is 9.13. The van der Waals surface area contributed by atoms with Crippen LogP contribution in [0.25, 0.3) is 0 Å². The first-order valence-corrected chi connectivity index (χ1v) is 10.7. The zero-order valence-electron chi connectivity index (χ0n) is 16.6. The van der Waals surface area contributed by atoms with Crippen LogP contribution in [-0.2, 0) is 11.2 Å². The van der Waals surface area contributed by atoms with Crippen molar-refractivity contribution in [2.75, 3.05) is 11.1 Å². The minimum Gasteiger partial charge on any atom is -0.323 e. The average Bonchev–Trinajstić information content (AvgIpc) is 2.97. The summed E-state index contributed by atoms with van der Waals surface area (Å²) in [6.07, 6.45) is 3.33. The third-order valence-electron chi connectivity index (χ3n) is 4.80. The average molecular weight is 412 g/mol. The lowest BCUT2D eigenvalue weighted by molar-refractivity contribution is -0.122. The predicted octanol–water partition coefficient (Wildman–Crippen LogP) is 3.97. The molecule has 1 atom stereocenters. The summed E-state index contributed by atoms with van der Waals surface area (Å²) in [4.78, 5) is 37.0. The van der Waals surface area contributed by atoms with Gasteiger partial charge in [0.2, 0.25) is 0 Å². The summed E-state index contributed by atoms with van der Waals surface area (Å²) in [5.41, 5.74) is 1.52. The van der Waals surface area contributed by atoms with Gasteiger partial charge >= 0.3 is 6.03 Å². The van der Waals surface area contributed by atoms with E-state index in [-0.39, 0.29) is 11.8 Å². The van der Waals surface area contributed by atoms with Gasteiger partial charge in [-0.25, -0.2) is 4.79 Å². The molecule has 0 saturated carbocycles. The fraction of sp³-hybridized carbons (Fsp3) is 0.318. The smallest absolute Gasteiger partial charge is 0.322 e. The molecule has 7 heteroatoms. The third kappa shape index (κ3) is 5.17. The summed E-state index contributed by atoms with van der Waals surface area (Å²) in [6.45, 7) is 3.83. The first kappa shape index (κ1) is 20.9. The molecule has 1 fully saturated rings. The maximum absolute atomic E-state index is 12.8. The molecule has 2 aromatic carbocycles. The van der Waals surface area contributed by atoms with Crippen LogP contribution in [0.4, 0.5) is 10.5 Å². The van der Waals surface area contributed by atoms with Gasteiger partial charge in [0, 0.05) is 16.3 Å². The van der Waals surface area contributed by atoms with E-state index in [4.69, 9.17) is 0 Å². The first-order chi connectivity index (χ1) is 13.9. The number of nitrogens with one attached hydrogen (secondary N) is 3. The summed E-state index contributed by atoms with van der Waals surface area (Å²) in [6, 6.07) is 14.6. The molecular weight excluding hydrogens is 386 g/mol. The summed E-state index contributed by atoms with van der Waals surface area (Å²) in [7, 11) is 0. The van der Waals surface area contributed by atoms with E-state index in [2.05, 4.69) is 22.9 Å². The summed E-state index contributed by atoms with van der Waals surface area (Å²) < 4.78 is 0. The molecule has 29 heavy (non-hydrogen) atoms. The minimum atomic E-state index is -1.00. The number of carbonyl (C=O) groups excluding carboxylic acids is 3. The lowest BCUT2D eigenvalue weighted by Crippen LogP contribution is -2.46. The molecule has 0 radical (unpaired) electrons. The number of unbranched alkanes of at least 4 members (excludes halogenated alkanes) is 1. The molecule has 0 unspecified atom stereocenters. The summed E-state index contributed by atoms with van der Waals surface area (Å²) >= 11 is 1.36. The minimum absolute atomic E-state index is 0.209. The largest absolute Gasteiger partial charge is 0.323 e. The van der Waals surface area contributed by atoms with Crippen LogP contribution < -0.4 is 16.0 Å². The normalized spacial score (nSPS) is 18.3. The standard InChI is InChI=1S/C22H25N3O3S/c1-3-4-7-15-10-12-16(13-11-15)23-19(26)17-8-5-6-9-18(17)29-14-22(2)20(27)24-21(28)25-22/h5-6,8-13H,3-4,7,14H2,1-2H3,(H,23,26)(H2,24,25,27,28)/t22-/m1/s1. The van der Waals surface area contributed by atoms with Crippen molar-refractivity contribution in [2.45, 2.75) is 43.5 Å². The van der Waals surface area contributed by atoms with Gasteiger partial charge in [-0.1, -0.05) is 37.6 Å². The van der Waals surface area contributed by atoms with Crippen molar-refractivity contribution in [1.82, 2.24) is 10.6 Å². The second-order valence-electron chi connectivity index (χ2n) is 7.28. The number of benzene rings is 2. The fourth-order valence-electron chi connectivity index (χ4n) is 3.02. The molecule has 152 valence electrons. The van der Waals surface area contributed by atoms with E-state index in [1.54, 1.807) is 19.1 Å². The Morgan fingerprint density at radius 2 is 1.83 bits per heavy atom. The highest BCUT2D eigenvalue weighted by atomic mass is 32.2. The van der Waals surface area contributed by atoms with Crippen LogP contribution >= 0.6 is 11.8 Å². The van der Waals surface area contributed by atoms with E-state index >= 15 is 0 Å². The van der Waals surface area contributed by atoms with Gasteiger partial charge in [-0.05, 0) is 49.6 Å². The Hall–Kier alpha value is -2.80. The molecule has 1 saturated heterocycles. The Bertz CT molecular complexity index is 914. The van der Waals surface area contributed by atoms with E-state index in [1.165, 1.54) is 17.3 Å². The van der Waals surface area contributed by atoms with E-state index < -0.39 is 11.6 Å². The van der Waals surface area contributed by atoms with Crippen molar-refractivity contribution in [3.63, 3.8) is 0 Å². The molecule has 3 rings (SSSR count). The second-order valence-corrected chi connectivity index (χ2v) is 8.30. The van der Waals surface area contributed by atoms with Gasteiger partial charge in [-0.2, -0.15) is 0 Å². The van der Waals surface area contributed by atoms with Crippen LogP contribution in [0.1, 0.15) is 42.6 Å². The van der Waals surface area contributed by atoms with E-state index in [9.17, 15) is 14.4 Å². The SMILES string of the molecule is CCCCc1ccc(NC(=O)c2ccccc2SC[C@@]2(C)NC(=O)NC2=O)cc1. The third-order valence-corrected chi connectivity index (χ3v) is 6.19. The molecule has 0 bridgehead atoms. The number of amides is 4. The number of imide groups is 1. The number of rotatable bonds is 8. The molecule has 0 aromatic heterocycles. The molecule has 1 aliphatic rings. The van der Waals surface area contributed by atoms with Crippen LogP contribution in [-0.4, -0.2) is 29.1 Å². The Morgan fingerprint density at radius 3 is 2.48 bits per heavy atom. The maximum Gasteiger partial charge on any atom is 0.322 e. The van der Waals surface area contributed by atoms with Crippen molar-refractivity contribution in [2.24, 2.45) is 0 Å². The molecule has 4 amide bonds. The van der Waals surface area contributed by atoms with Crippen LogP contribution in [0.15, 0.2) is 53.4 Å². The zero-order valence-corrected chi connectivity index (χ0v) is 17.4. The van der Waals surface area contributed by atoms with Gasteiger partial charge in [-0.3, -0.25) is 14.9 Å². The molecule has 2 aromatic rings. The summed E-state index contributed by atoms with van der Waals surface area (Å²) in [5.74, 6) is -0.249. The Labute approximate surface area is 174 Å². The number of thioether (sulfide) groups is 1. The molecule has 0 spiro atoms. The highest BCUT2D eigenvalue weighted by Crippen LogP contribution is 2.28. The molecule has 6 nitrogen and oxygen atoms in total. The van der Waals surface area contributed by atoms with E-state index in [0.717, 1.165) is 29.8 Å². The van der Waals surface area contributed by atoms with Gasteiger partial charge in [0.05, 0.1) is 5.56 Å². The molecular formula is C22H25N3O3S. The van der Waals surface area contributed by atoms with Crippen LogP contribution in [0.2, 0.25) is 0 Å². The highest BCUT2D eigenvalue weighted by Gasteiger charge is 2.41. The Morgan fingerprint density at radius 1 is 1.10 bits per heavy atom. The lowest BCUT2D eigenvalue weighted by atomic mass is 10.1. The van der Waals surface area contributed by atoms with Crippen molar-refractivity contribution in [3.05, 3.63) is 59.7 Å². The predicted molar refractivity (Wildman–Crippen MR) is 115 cm³/mol. The van der Waals surface area contributed by atoms with Gasteiger partial charge in [-0.15, -0.1) is 11.8 Å². The molecule has 1 heterocycles. The number of carbonyl (C=O) groups is 3. The van der Waals surface area contributed by atoms with Gasteiger partial charge in [0.15, 0.2) is 0 Å². The van der Waals surface area contributed by atoms with Crippen LogP contribution in [0, 0.1) is 0 Å². The Balaban J connectivity index is 1.67. The van der Waals surface area contributed by atoms with Crippen molar-refractivity contribution in [1.29, 1.82) is 0 Å². The van der Waals surface area contributed by atoms with Crippen LogP contribution in [0.5, 0.6) is 0 Å². The molecule has 3 N–H and O–H groups in total. The van der Waals surface area contributed by atoms with Gasteiger partial charge in [0.1, 0.15) is 5.54 Å². The monoisotopic (exact) mass is 411 g/mol. The first-order valence-electron chi connectivity index (χ1n) is 9.67. The fourth-order valence-corrected chi connectivity index (χ4v) is 4.16. The highest BCUT2D eigenvalue weighted by molar-refractivity contribution is 7.99. The lowest BCUT2D eigenvalue weighted by Gasteiger charge is -2.20. The topological polar surface area (TPSA) is 87.3 Å². The zero-order chi connectivity index (χ0) is 20.9. The number of hydrogen-bond acceptors (Lipinski definition) is 4. The Kier molecular flexibility index (Phi) is 6.59. The van der Waals surface area contributed by atoms with Gasteiger partial charge < -0.3 is 10.6 Å². The molecule has 1 aliphatic heterocycles. The summed E-state index contributed by atoms with van der Waals surface area (Å²) in [5, 5.41) is 7.82. The molecule has 0 aliphatic carbocycles. The maximum atomic E-state index is 12.8. The number of urea groups is 1. The van der Waals surface area contributed by atoms with Gasteiger partial charge in [0.25, 0.3) is 11.8 Å². The van der Waals surface area contributed by atoms with Crippen molar-refractivity contribution in [3.8, 4) is 0 Å². The van der Waals surface area contributed by atoms with E-state index in [0.29, 0.717) is 11.3 Å². The van der Waals surface area contributed by atoms with Crippen molar-refractivity contribution >= 4 is 35.3 Å². The van der Waals surface area contributed by atoms with Crippen LogP contribution in [0.3, 0.4) is 0 Å². The number of aryl methyl sites for hydroxylation is 1. The number of hydrogen-bond donors (Lipinski definition) is 3. The number of anilines is 1. The van der Waals surface area contributed by atoms with Crippen molar-refractivity contribution < 1.29 is 14.4 Å². The quantitative estimate of drug-likeness (QED) is 0.453.